The second-order valence-corrected chi connectivity index (χ2v) is 5.93. The van der Waals surface area contributed by atoms with Crippen molar-refractivity contribution in [3.63, 3.8) is 0 Å². The minimum absolute atomic E-state index is 0.0511. The van der Waals surface area contributed by atoms with E-state index in [-0.39, 0.29) is 37.4 Å². The van der Waals surface area contributed by atoms with E-state index in [4.69, 9.17) is 9.84 Å². The van der Waals surface area contributed by atoms with E-state index in [0.717, 1.165) is 5.75 Å². The van der Waals surface area contributed by atoms with Crippen molar-refractivity contribution in [1.82, 2.24) is 9.80 Å². The lowest BCUT2D eigenvalue weighted by molar-refractivity contribution is -0.143. The van der Waals surface area contributed by atoms with Gasteiger partial charge in [0.05, 0.1) is 25.5 Å². The zero-order chi connectivity index (χ0) is 15.8. The van der Waals surface area contributed by atoms with Crippen molar-refractivity contribution >= 4 is 29.7 Å². The van der Waals surface area contributed by atoms with Gasteiger partial charge in [0.25, 0.3) is 0 Å². The summed E-state index contributed by atoms with van der Waals surface area (Å²) in [6, 6.07) is -0.523. The van der Waals surface area contributed by atoms with Crippen molar-refractivity contribution in [2.24, 2.45) is 0 Å². The van der Waals surface area contributed by atoms with Crippen LogP contribution in [0.25, 0.3) is 0 Å². The Labute approximate surface area is 128 Å². The van der Waals surface area contributed by atoms with E-state index in [1.165, 1.54) is 4.90 Å². The molecule has 7 nitrogen and oxygen atoms in total. The molecular formula is C13H22N2O5S. The number of urea groups is 1. The molecule has 21 heavy (non-hydrogen) atoms. The fraction of sp³-hybridized carbons (Fsp3) is 0.769. The third-order valence-corrected chi connectivity index (χ3v) is 4.26. The monoisotopic (exact) mass is 318 g/mol. The largest absolute Gasteiger partial charge is 0.481 e. The van der Waals surface area contributed by atoms with Gasteiger partial charge in [0.15, 0.2) is 0 Å². The van der Waals surface area contributed by atoms with E-state index in [0.29, 0.717) is 18.9 Å². The molecule has 1 atom stereocenters. The van der Waals surface area contributed by atoms with Gasteiger partial charge in [-0.05, 0) is 6.92 Å². The third-order valence-electron chi connectivity index (χ3n) is 3.17. The number of carbonyl (C=O) groups is 3. The Hall–Kier alpha value is -1.44. The average Bonchev–Trinajstić information content (AvgIpc) is 2.44. The summed E-state index contributed by atoms with van der Waals surface area (Å²) in [7, 11) is 1.61. The number of nitrogens with zero attached hydrogens (tertiary/aromatic N) is 2. The summed E-state index contributed by atoms with van der Waals surface area (Å²) >= 11 is 1.65. The molecule has 1 N–H and O–H groups in total. The fourth-order valence-electron chi connectivity index (χ4n) is 2.08. The van der Waals surface area contributed by atoms with E-state index >= 15 is 0 Å². The van der Waals surface area contributed by atoms with Crippen molar-refractivity contribution in [1.29, 1.82) is 0 Å². The Bertz CT molecular complexity index is 391. The minimum atomic E-state index is -0.908. The highest BCUT2D eigenvalue weighted by atomic mass is 32.2. The summed E-state index contributed by atoms with van der Waals surface area (Å²) in [5.41, 5.74) is 0. The number of carboxylic acids is 1. The van der Waals surface area contributed by atoms with E-state index in [2.05, 4.69) is 0 Å². The summed E-state index contributed by atoms with van der Waals surface area (Å²) in [4.78, 5) is 37.6. The lowest BCUT2D eigenvalue weighted by atomic mass is 10.2. The molecule has 0 radical (unpaired) electrons. The average molecular weight is 318 g/mol. The van der Waals surface area contributed by atoms with Gasteiger partial charge in [-0.3, -0.25) is 9.59 Å². The van der Waals surface area contributed by atoms with Gasteiger partial charge >= 0.3 is 18.0 Å². The number of esters is 1. The summed E-state index contributed by atoms with van der Waals surface area (Å²) in [5, 5.41) is 8.92. The lowest BCUT2D eigenvalue weighted by Crippen LogP contribution is -2.52. The molecule has 0 saturated carbocycles. The maximum absolute atomic E-state index is 12.4. The molecule has 1 unspecified atom stereocenters. The standard InChI is InChI=1S/C13H22N2O5S/c1-3-20-12(18)4-5-14(2)13(19)15-6-7-21-9-10(15)8-11(16)17/h10H,3-9H2,1-2H3,(H,16,17). The first-order valence-electron chi connectivity index (χ1n) is 6.92. The van der Waals surface area contributed by atoms with Crippen LogP contribution in [0, 0.1) is 0 Å². The Kier molecular flexibility index (Phi) is 7.35. The molecule has 1 heterocycles. The van der Waals surface area contributed by atoms with Crippen molar-refractivity contribution in [2.75, 3.05) is 38.2 Å². The van der Waals surface area contributed by atoms with Crippen LogP contribution in [-0.4, -0.2) is 77.2 Å². The Morgan fingerprint density at radius 2 is 2.14 bits per heavy atom. The van der Waals surface area contributed by atoms with Gasteiger partial charge in [-0.25, -0.2) is 4.79 Å². The number of hydrogen-bond acceptors (Lipinski definition) is 5. The zero-order valence-electron chi connectivity index (χ0n) is 12.4. The van der Waals surface area contributed by atoms with Crippen LogP contribution in [0.15, 0.2) is 0 Å². The highest BCUT2D eigenvalue weighted by Crippen LogP contribution is 2.20. The van der Waals surface area contributed by atoms with E-state index in [9.17, 15) is 14.4 Å². The quantitative estimate of drug-likeness (QED) is 0.732. The first-order valence-corrected chi connectivity index (χ1v) is 8.08. The van der Waals surface area contributed by atoms with Crippen LogP contribution in [0.2, 0.25) is 0 Å². The molecule has 120 valence electrons. The number of carboxylic acid groups (broad SMARTS) is 1. The second-order valence-electron chi connectivity index (χ2n) is 4.78. The minimum Gasteiger partial charge on any atom is -0.481 e. The molecule has 1 aliphatic rings. The number of ether oxygens (including phenoxy) is 1. The van der Waals surface area contributed by atoms with Crippen molar-refractivity contribution in [3.05, 3.63) is 0 Å². The normalized spacial score (nSPS) is 18.2. The van der Waals surface area contributed by atoms with Crippen molar-refractivity contribution in [3.8, 4) is 0 Å². The molecule has 1 aliphatic heterocycles. The molecule has 8 heteroatoms. The van der Waals surface area contributed by atoms with Crippen molar-refractivity contribution < 1.29 is 24.2 Å². The van der Waals surface area contributed by atoms with Crippen LogP contribution in [0.1, 0.15) is 19.8 Å². The molecule has 0 aromatic carbocycles. The van der Waals surface area contributed by atoms with Crippen LogP contribution in [0.4, 0.5) is 4.79 Å². The highest BCUT2D eigenvalue weighted by molar-refractivity contribution is 7.99. The maximum Gasteiger partial charge on any atom is 0.320 e. The van der Waals surface area contributed by atoms with Crippen molar-refractivity contribution in [2.45, 2.75) is 25.8 Å². The third kappa shape index (κ3) is 5.82. The zero-order valence-corrected chi connectivity index (χ0v) is 13.2. The van der Waals surface area contributed by atoms with E-state index in [1.807, 2.05) is 0 Å². The number of carbonyl (C=O) groups excluding carboxylic acids is 2. The Balaban J connectivity index is 2.53. The molecule has 0 aromatic heterocycles. The Morgan fingerprint density at radius 1 is 1.43 bits per heavy atom. The van der Waals surface area contributed by atoms with Gasteiger partial charge in [0.2, 0.25) is 0 Å². The van der Waals surface area contributed by atoms with E-state index in [1.54, 1.807) is 30.6 Å². The summed E-state index contributed by atoms with van der Waals surface area (Å²) < 4.78 is 4.82. The lowest BCUT2D eigenvalue weighted by Gasteiger charge is -2.37. The summed E-state index contributed by atoms with van der Waals surface area (Å²) in [6.45, 7) is 2.85. The smallest absolute Gasteiger partial charge is 0.320 e. The van der Waals surface area contributed by atoms with Gasteiger partial charge in [0.1, 0.15) is 0 Å². The maximum atomic E-state index is 12.4. The van der Waals surface area contributed by atoms with Crippen LogP contribution >= 0.6 is 11.8 Å². The van der Waals surface area contributed by atoms with Gasteiger partial charge in [0, 0.05) is 31.6 Å². The second kappa shape index (κ2) is 8.76. The van der Waals surface area contributed by atoms with Gasteiger partial charge < -0.3 is 19.6 Å². The predicted molar refractivity (Wildman–Crippen MR) is 79.3 cm³/mol. The van der Waals surface area contributed by atoms with Crippen LogP contribution in [0.3, 0.4) is 0 Å². The number of hydrogen-bond donors (Lipinski definition) is 1. The number of amides is 2. The van der Waals surface area contributed by atoms with Crippen LogP contribution in [0.5, 0.6) is 0 Å². The molecule has 0 spiro atoms. The topological polar surface area (TPSA) is 87.2 Å². The number of rotatable bonds is 6. The van der Waals surface area contributed by atoms with Gasteiger partial charge in [-0.15, -0.1) is 0 Å². The fourth-order valence-corrected chi connectivity index (χ4v) is 3.15. The molecular weight excluding hydrogens is 296 g/mol. The van der Waals surface area contributed by atoms with E-state index < -0.39 is 5.97 Å². The summed E-state index contributed by atoms with van der Waals surface area (Å²) in [6.07, 6.45) is 0.0900. The van der Waals surface area contributed by atoms with Crippen LogP contribution < -0.4 is 0 Å². The first kappa shape index (κ1) is 17.6. The SMILES string of the molecule is CCOC(=O)CCN(C)C(=O)N1CCSCC1CC(=O)O. The first-order chi connectivity index (χ1) is 9.95. The molecule has 1 saturated heterocycles. The van der Waals surface area contributed by atoms with Gasteiger partial charge in [-0.2, -0.15) is 11.8 Å². The highest BCUT2D eigenvalue weighted by Gasteiger charge is 2.30. The number of thioether (sulfide) groups is 1. The molecule has 2 amide bonds. The Morgan fingerprint density at radius 3 is 2.76 bits per heavy atom. The summed E-state index contributed by atoms with van der Waals surface area (Å²) in [5.74, 6) is 0.181. The molecule has 0 aliphatic carbocycles. The molecule has 1 fully saturated rings. The molecule has 0 bridgehead atoms. The molecule has 1 rings (SSSR count). The predicted octanol–water partition coefficient (Wildman–Crippen LogP) is 0.883. The van der Waals surface area contributed by atoms with Crippen LogP contribution in [-0.2, 0) is 14.3 Å². The number of aliphatic carboxylic acids is 1. The van der Waals surface area contributed by atoms with Gasteiger partial charge in [-0.1, -0.05) is 0 Å². The molecule has 0 aromatic rings.